The van der Waals surface area contributed by atoms with E-state index in [4.69, 9.17) is 9.52 Å². The number of hydrogen-bond donors (Lipinski definition) is 1. The van der Waals surface area contributed by atoms with Crippen LogP contribution < -0.4 is 0 Å². The van der Waals surface area contributed by atoms with Crippen LogP contribution in [0, 0.1) is 5.41 Å². The normalized spacial score (nSPS) is 17.4. The van der Waals surface area contributed by atoms with Crippen molar-refractivity contribution in [2.75, 3.05) is 7.05 Å². The van der Waals surface area contributed by atoms with Crippen LogP contribution in [0.4, 0.5) is 0 Å². The summed E-state index contributed by atoms with van der Waals surface area (Å²) in [5.41, 5.74) is 0.591. The van der Waals surface area contributed by atoms with Crippen LogP contribution in [0.25, 0.3) is 0 Å². The molecule has 0 spiro atoms. The Hall–Kier alpha value is -1.78. The molecule has 116 valence electrons. The lowest BCUT2D eigenvalue weighted by molar-refractivity contribution is -0.142. The van der Waals surface area contributed by atoms with Gasteiger partial charge >= 0.3 is 5.97 Å². The van der Waals surface area contributed by atoms with E-state index in [1.54, 1.807) is 24.5 Å². The largest absolute Gasteiger partial charge is 0.481 e. The number of hydrogen-bond acceptors (Lipinski definition) is 3. The molecule has 5 nitrogen and oxygen atoms in total. The molecular formula is C16H23NO4. The number of aliphatic carboxylic acids is 1. The molecule has 0 saturated heterocycles. The van der Waals surface area contributed by atoms with Crippen molar-refractivity contribution in [3.63, 3.8) is 0 Å². The number of carboxylic acid groups (broad SMARTS) is 1. The van der Waals surface area contributed by atoms with Gasteiger partial charge < -0.3 is 14.4 Å². The van der Waals surface area contributed by atoms with Gasteiger partial charge in [-0.1, -0.05) is 19.3 Å². The molecule has 1 aromatic rings. The summed E-state index contributed by atoms with van der Waals surface area (Å²) in [4.78, 5) is 25.2. The highest BCUT2D eigenvalue weighted by Gasteiger charge is 2.37. The highest BCUT2D eigenvalue weighted by molar-refractivity contribution is 5.78. The van der Waals surface area contributed by atoms with E-state index in [0.29, 0.717) is 13.0 Å². The predicted octanol–water partition coefficient (Wildman–Crippen LogP) is 3.05. The van der Waals surface area contributed by atoms with Gasteiger partial charge in [-0.2, -0.15) is 0 Å². The van der Waals surface area contributed by atoms with Gasteiger partial charge in [0.25, 0.3) is 0 Å². The fourth-order valence-corrected chi connectivity index (χ4v) is 3.24. The van der Waals surface area contributed by atoms with Crippen LogP contribution in [-0.2, 0) is 16.1 Å². The predicted molar refractivity (Wildman–Crippen MR) is 77.6 cm³/mol. The van der Waals surface area contributed by atoms with Gasteiger partial charge in [-0.25, -0.2) is 0 Å². The van der Waals surface area contributed by atoms with Crippen molar-refractivity contribution in [1.82, 2.24) is 4.90 Å². The molecule has 21 heavy (non-hydrogen) atoms. The Balaban J connectivity index is 1.98. The molecule has 0 bridgehead atoms. The second-order valence-electron chi connectivity index (χ2n) is 6.19. The maximum absolute atomic E-state index is 12.4. The van der Waals surface area contributed by atoms with Crippen LogP contribution in [0.3, 0.4) is 0 Å². The van der Waals surface area contributed by atoms with Gasteiger partial charge in [-0.15, -0.1) is 0 Å². The zero-order valence-corrected chi connectivity index (χ0v) is 12.5. The average molecular weight is 293 g/mol. The fraction of sp³-hybridized carbons (Fsp3) is 0.625. The maximum Gasteiger partial charge on any atom is 0.303 e. The number of carbonyl (C=O) groups excluding carboxylic acids is 1. The summed E-state index contributed by atoms with van der Waals surface area (Å²) in [6.45, 7) is 0.498. The standard InChI is InChI=1S/C16H23NO4/c1-17(11-13-5-8-21-12-13)14(18)9-16(10-15(19)20)6-3-2-4-7-16/h5,8,12H,2-4,6-7,9-11H2,1H3,(H,19,20). The van der Waals surface area contributed by atoms with Crippen molar-refractivity contribution < 1.29 is 19.1 Å². The van der Waals surface area contributed by atoms with E-state index in [1.807, 2.05) is 6.07 Å². The zero-order valence-electron chi connectivity index (χ0n) is 12.5. The second-order valence-corrected chi connectivity index (χ2v) is 6.19. The Morgan fingerprint density at radius 3 is 2.57 bits per heavy atom. The van der Waals surface area contributed by atoms with Crippen LogP contribution in [0.2, 0.25) is 0 Å². The van der Waals surface area contributed by atoms with Gasteiger partial charge in [-0.3, -0.25) is 9.59 Å². The molecule has 1 aromatic heterocycles. The number of rotatable bonds is 6. The molecule has 1 heterocycles. The maximum atomic E-state index is 12.4. The van der Waals surface area contributed by atoms with E-state index >= 15 is 0 Å². The Kier molecular flexibility index (Phi) is 5.04. The van der Waals surface area contributed by atoms with E-state index in [1.165, 1.54) is 0 Å². The molecule has 0 radical (unpaired) electrons. The van der Waals surface area contributed by atoms with E-state index in [2.05, 4.69) is 0 Å². The molecule has 1 saturated carbocycles. The minimum Gasteiger partial charge on any atom is -0.481 e. The first-order chi connectivity index (χ1) is 10.0. The SMILES string of the molecule is CN(Cc1ccoc1)C(=O)CC1(CC(=O)O)CCCCC1. The van der Waals surface area contributed by atoms with Crippen LogP contribution in [-0.4, -0.2) is 28.9 Å². The highest BCUT2D eigenvalue weighted by Crippen LogP contribution is 2.42. The first kappa shape index (κ1) is 15.6. The second kappa shape index (κ2) is 6.78. The first-order valence-electron chi connectivity index (χ1n) is 7.48. The van der Waals surface area contributed by atoms with E-state index in [0.717, 1.165) is 37.7 Å². The summed E-state index contributed by atoms with van der Waals surface area (Å²) in [6, 6.07) is 1.83. The number of carbonyl (C=O) groups is 2. The lowest BCUT2D eigenvalue weighted by Gasteiger charge is -2.36. The Labute approximate surface area is 124 Å². The van der Waals surface area contributed by atoms with Gasteiger partial charge in [0, 0.05) is 25.6 Å². The summed E-state index contributed by atoms with van der Waals surface area (Å²) in [5, 5.41) is 9.15. The monoisotopic (exact) mass is 293 g/mol. The molecule has 2 rings (SSSR count). The van der Waals surface area contributed by atoms with Crippen molar-refractivity contribution in [3.8, 4) is 0 Å². The smallest absolute Gasteiger partial charge is 0.303 e. The van der Waals surface area contributed by atoms with Crippen LogP contribution in [0.5, 0.6) is 0 Å². The van der Waals surface area contributed by atoms with Crippen molar-refractivity contribution >= 4 is 11.9 Å². The van der Waals surface area contributed by atoms with Crippen molar-refractivity contribution in [2.45, 2.75) is 51.5 Å². The van der Waals surface area contributed by atoms with E-state index in [9.17, 15) is 9.59 Å². The number of nitrogens with zero attached hydrogens (tertiary/aromatic N) is 1. The summed E-state index contributed by atoms with van der Waals surface area (Å²) in [5.74, 6) is -0.790. The van der Waals surface area contributed by atoms with E-state index < -0.39 is 5.97 Å². The molecular weight excluding hydrogens is 270 g/mol. The molecule has 0 aromatic carbocycles. The Morgan fingerprint density at radius 1 is 1.29 bits per heavy atom. The summed E-state index contributed by atoms with van der Waals surface area (Å²) >= 11 is 0. The highest BCUT2D eigenvalue weighted by atomic mass is 16.4. The molecule has 0 atom stereocenters. The molecule has 1 fully saturated rings. The minimum absolute atomic E-state index is 0.0133. The molecule has 1 N–H and O–H groups in total. The topological polar surface area (TPSA) is 70.8 Å². The van der Waals surface area contributed by atoms with Crippen molar-refractivity contribution in [2.24, 2.45) is 5.41 Å². The average Bonchev–Trinajstić information content (AvgIpc) is 2.91. The third kappa shape index (κ3) is 4.34. The molecule has 5 heteroatoms. The van der Waals surface area contributed by atoms with Gasteiger partial charge in [0.05, 0.1) is 18.9 Å². The summed E-state index contributed by atoms with van der Waals surface area (Å²) < 4.78 is 5.00. The van der Waals surface area contributed by atoms with Gasteiger partial charge in [0.1, 0.15) is 0 Å². The quantitative estimate of drug-likeness (QED) is 0.875. The van der Waals surface area contributed by atoms with Crippen LogP contribution in [0.1, 0.15) is 50.5 Å². The Bertz CT molecular complexity index is 474. The molecule has 0 unspecified atom stereocenters. The molecule has 1 amide bonds. The van der Waals surface area contributed by atoms with Gasteiger partial charge in [0.15, 0.2) is 0 Å². The minimum atomic E-state index is -0.804. The van der Waals surface area contributed by atoms with Gasteiger partial charge in [-0.05, 0) is 24.3 Å². The lowest BCUT2D eigenvalue weighted by atomic mass is 9.69. The van der Waals surface area contributed by atoms with Crippen molar-refractivity contribution in [3.05, 3.63) is 24.2 Å². The lowest BCUT2D eigenvalue weighted by Crippen LogP contribution is -2.35. The first-order valence-corrected chi connectivity index (χ1v) is 7.48. The molecule has 1 aliphatic carbocycles. The number of furan rings is 1. The molecule has 0 aliphatic heterocycles. The van der Waals surface area contributed by atoms with Crippen LogP contribution in [0.15, 0.2) is 23.0 Å². The summed E-state index contributed by atoms with van der Waals surface area (Å²) in [6.07, 6.45) is 8.48. The number of carboxylic acids is 1. The third-order valence-corrected chi connectivity index (χ3v) is 4.39. The Morgan fingerprint density at radius 2 is 2.00 bits per heavy atom. The summed E-state index contributed by atoms with van der Waals surface area (Å²) in [7, 11) is 1.76. The van der Waals surface area contributed by atoms with Crippen LogP contribution >= 0.6 is 0 Å². The molecule has 1 aliphatic rings. The zero-order chi connectivity index (χ0) is 15.3. The number of amides is 1. The fourth-order valence-electron chi connectivity index (χ4n) is 3.24. The van der Waals surface area contributed by atoms with E-state index in [-0.39, 0.29) is 17.7 Å². The van der Waals surface area contributed by atoms with Gasteiger partial charge in [0.2, 0.25) is 5.91 Å². The van der Waals surface area contributed by atoms with Crippen molar-refractivity contribution in [1.29, 1.82) is 0 Å². The third-order valence-electron chi connectivity index (χ3n) is 4.39.